The van der Waals surface area contributed by atoms with E-state index in [9.17, 15) is 9.59 Å². The first-order valence-corrected chi connectivity index (χ1v) is 10.7. The first-order valence-electron chi connectivity index (χ1n) is 9.79. The number of anilines is 1. The maximum atomic E-state index is 13.5. The summed E-state index contributed by atoms with van der Waals surface area (Å²) < 4.78 is 6.24. The molecule has 3 aliphatic rings. The molecule has 4 atom stereocenters. The van der Waals surface area contributed by atoms with Gasteiger partial charge in [-0.05, 0) is 37.1 Å². The largest absolute Gasteiger partial charge is 0.360 e. The van der Waals surface area contributed by atoms with Crippen LogP contribution in [0.15, 0.2) is 41.9 Å². The lowest BCUT2D eigenvalue weighted by Crippen LogP contribution is -2.44. The SMILES string of the molecule is Cc1ccc(N2C[C@]34C=C[C@H](O3)[C@H](C(=O)N(C)Cc3nccs3)[C@H]4C2=O)cc1C. The van der Waals surface area contributed by atoms with Gasteiger partial charge in [0.05, 0.1) is 31.0 Å². The fourth-order valence-electron chi connectivity index (χ4n) is 4.76. The molecule has 150 valence electrons. The molecule has 4 heterocycles. The Kier molecular flexibility index (Phi) is 4.15. The monoisotopic (exact) mass is 409 g/mol. The zero-order valence-corrected chi connectivity index (χ0v) is 17.5. The molecule has 7 heteroatoms. The minimum absolute atomic E-state index is 0.0268. The topological polar surface area (TPSA) is 62.7 Å². The number of aryl methyl sites for hydroxylation is 2. The fraction of sp³-hybridized carbons (Fsp3) is 0.409. The number of fused-ring (bicyclic) bond motifs is 1. The van der Waals surface area contributed by atoms with Gasteiger partial charge in [0.2, 0.25) is 11.8 Å². The van der Waals surface area contributed by atoms with Crippen LogP contribution in [0.1, 0.15) is 16.1 Å². The molecule has 2 saturated heterocycles. The molecule has 1 aromatic carbocycles. The van der Waals surface area contributed by atoms with Crippen LogP contribution < -0.4 is 4.90 Å². The van der Waals surface area contributed by atoms with E-state index in [4.69, 9.17) is 4.74 Å². The highest BCUT2D eigenvalue weighted by Crippen LogP contribution is 2.53. The predicted octanol–water partition coefficient (Wildman–Crippen LogP) is 2.70. The van der Waals surface area contributed by atoms with Gasteiger partial charge >= 0.3 is 0 Å². The Hall–Kier alpha value is -2.51. The summed E-state index contributed by atoms with van der Waals surface area (Å²) in [6, 6.07) is 6.04. The van der Waals surface area contributed by atoms with Crippen molar-refractivity contribution in [3.05, 3.63) is 58.1 Å². The molecule has 6 nitrogen and oxygen atoms in total. The lowest BCUT2D eigenvalue weighted by molar-refractivity contribution is -0.139. The second-order valence-electron chi connectivity index (χ2n) is 8.21. The maximum absolute atomic E-state index is 13.5. The first kappa shape index (κ1) is 18.5. The van der Waals surface area contributed by atoms with Gasteiger partial charge in [0.15, 0.2) is 0 Å². The quantitative estimate of drug-likeness (QED) is 0.729. The van der Waals surface area contributed by atoms with Gasteiger partial charge in [-0.1, -0.05) is 18.2 Å². The Morgan fingerprint density at radius 2 is 2.21 bits per heavy atom. The van der Waals surface area contributed by atoms with Crippen LogP contribution in [0, 0.1) is 25.7 Å². The molecule has 1 spiro atoms. The van der Waals surface area contributed by atoms with Crippen molar-refractivity contribution in [1.29, 1.82) is 0 Å². The van der Waals surface area contributed by atoms with Crippen LogP contribution in [-0.2, 0) is 20.9 Å². The first-order chi connectivity index (χ1) is 13.9. The number of carbonyl (C=O) groups is 2. The molecular weight excluding hydrogens is 386 g/mol. The Balaban J connectivity index is 1.43. The molecule has 2 aromatic rings. The van der Waals surface area contributed by atoms with Crippen LogP contribution in [0.2, 0.25) is 0 Å². The van der Waals surface area contributed by atoms with E-state index in [0.717, 1.165) is 16.3 Å². The van der Waals surface area contributed by atoms with Crippen molar-refractivity contribution >= 4 is 28.8 Å². The molecule has 0 aliphatic carbocycles. The van der Waals surface area contributed by atoms with E-state index >= 15 is 0 Å². The summed E-state index contributed by atoms with van der Waals surface area (Å²) in [5.41, 5.74) is 2.49. The van der Waals surface area contributed by atoms with Gasteiger partial charge < -0.3 is 14.5 Å². The lowest BCUT2D eigenvalue weighted by atomic mass is 9.76. The van der Waals surface area contributed by atoms with Gasteiger partial charge in [0.1, 0.15) is 10.6 Å². The highest BCUT2D eigenvalue weighted by Gasteiger charge is 2.67. The molecule has 1 aromatic heterocycles. The second-order valence-corrected chi connectivity index (χ2v) is 9.19. The van der Waals surface area contributed by atoms with Crippen molar-refractivity contribution in [3.63, 3.8) is 0 Å². The standard InChI is InChI=1S/C22H23N3O3S/c1-13-4-5-15(10-14(13)2)25-12-22-7-6-16(28-22)18(19(22)21(25)27)20(26)24(3)11-17-23-8-9-29-17/h4-10,16,18-19H,11-12H2,1-3H3/t16-,18-,19-,22-/m0/s1. The average molecular weight is 410 g/mol. The van der Waals surface area contributed by atoms with Crippen molar-refractivity contribution in [2.24, 2.45) is 11.8 Å². The molecule has 0 saturated carbocycles. The number of amides is 2. The minimum Gasteiger partial charge on any atom is -0.360 e. The highest BCUT2D eigenvalue weighted by atomic mass is 32.1. The van der Waals surface area contributed by atoms with E-state index in [0.29, 0.717) is 13.1 Å². The molecule has 2 bridgehead atoms. The Morgan fingerprint density at radius 1 is 1.38 bits per heavy atom. The molecule has 5 rings (SSSR count). The molecule has 0 radical (unpaired) electrons. The predicted molar refractivity (Wildman–Crippen MR) is 111 cm³/mol. The summed E-state index contributed by atoms with van der Waals surface area (Å²) in [7, 11) is 1.77. The average Bonchev–Trinajstić information content (AvgIpc) is 3.46. The van der Waals surface area contributed by atoms with Crippen LogP contribution in [0.5, 0.6) is 0 Å². The van der Waals surface area contributed by atoms with E-state index in [-0.39, 0.29) is 17.9 Å². The van der Waals surface area contributed by atoms with E-state index in [2.05, 4.69) is 11.9 Å². The number of ether oxygens (including phenoxy) is 1. The molecule has 29 heavy (non-hydrogen) atoms. The number of aromatic nitrogens is 1. The summed E-state index contributed by atoms with van der Waals surface area (Å²) in [6.07, 6.45) is 5.34. The molecule has 2 amide bonds. The summed E-state index contributed by atoms with van der Waals surface area (Å²) in [5.74, 6) is -1.06. The number of hydrogen-bond acceptors (Lipinski definition) is 5. The summed E-state index contributed by atoms with van der Waals surface area (Å²) >= 11 is 1.52. The number of rotatable bonds is 4. The van der Waals surface area contributed by atoms with Gasteiger partial charge in [-0.25, -0.2) is 4.98 Å². The molecule has 0 unspecified atom stereocenters. The third-order valence-electron chi connectivity index (χ3n) is 6.42. The zero-order valence-electron chi connectivity index (χ0n) is 16.7. The van der Waals surface area contributed by atoms with Crippen LogP contribution in [0.4, 0.5) is 5.69 Å². The van der Waals surface area contributed by atoms with E-state index in [1.165, 1.54) is 16.9 Å². The van der Waals surface area contributed by atoms with Gasteiger partial charge in [0.25, 0.3) is 0 Å². The fourth-order valence-corrected chi connectivity index (χ4v) is 5.43. The molecular formula is C22H23N3O3S. The van der Waals surface area contributed by atoms with Crippen LogP contribution >= 0.6 is 11.3 Å². The highest BCUT2D eigenvalue weighted by molar-refractivity contribution is 7.09. The summed E-state index contributed by atoms with van der Waals surface area (Å²) in [5, 5.41) is 2.78. The Morgan fingerprint density at radius 3 is 2.93 bits per heavy atom. The lowest BCUT2D eigenvalue weighted by Gasteiger charge is -2.27. The van der Waals surface area contributed by atoms with Gasteiger partial charge in [-0.2, -0.15) is 0 Å². The van der Waals surface area contributed by atoms with Crippen molar-refractivity contribution in [1.82, 2.24) is 9.88 Å². The van der Waals surface area contributed by atoms with Crippen molar-refractivity contribution in [2.45, 2.75) is 32.1 Å². The normalized spacial score (nSPS) is 29.6. The Bertz CT molecular complexity index is 1020. The number of benzene rings is 1. The molecule has 2 fully saturated rings. The number of carbonyl (C=O) groups excluding carboxylic acids is 2. The van der Waals surface area contributed by atoms with Crippen molar-refractivity contribution in [3.8, 4) is 0 Å². The summed E-state index contributed by atoms with van der Waals surface area (Å²) in [6.45, 7) is 4.99. The maximum Gasteiger partial charge on any atom is 0.234 e. The molecule has 3 aliphatic heterocycles. The smallest absolute Gasteiger partial charge is 0.234 e. The van der Waals surface area contributed by atoms with Gasteiger partial charge in [-0.3, -0.25) is 9.59 Å². The van der Waals surface area contributed by atoms with E-state index in [1.807, 2.05) is 42.7 Å². The van der Waals surface area contributed by atoms with E-state index in [1.54, 1.807) is 23.0 Å². The number of hydrogen-bond donors (Lipinski definition) is 0. The Labute approximate surface area is 173 Å². The second kappa shape index (κ2) is 6.50. The minimum atomic E-state index is -0.705. The van der Waals surface area contributed by atoms with Crippen molar-refractivity contribution < 1.29 is 14.3 Å². The van der Waals surface area contributed by atoms with E-state index < -0.39 is 17.4 Å². The summed E-state index contributed by atoms with van der Waals surface area (Å²) in [4.78, 5) is 34.5. The van der Waals surface area contributed by atoms with Gasteiger partial charge in [0, 0.05) is 24.3 Å². The van der Waals surface area contributed by atoms with Crippen LogP contribution in [-0.4, -0.2) is 47.0 Å². The van der Waals surface area contributed by atoms with Crippen LogP contribution in [0.25, 0.3) is 0 Å². The number of thiazole rings is 1. The van der Waals surface area contributed by atoms with Crippen LogP contribution in [0.3, 0.4) is 0 Å². The van der Waals surface area contributed by atoms with Crippen molar-refractivity contribution in [2.75, 3.05) is 18.5 Å². The van der Waals surface area contributed by atoms with Gasteiger partial charge in [-0.15, -0.1) is 11.3 Å². The molecule has 0 N–H and O–H groups in total. The zero-order chi connectivity index (χ0) is 20.3. The number of nitrogens with zero attached hydrogens (tertiary/aromatic N) is 3. The third kappa shape index (κ3) is 2.75. The third-order valence-corrected chi connectivity index (χ3v) is 7.18.